The first-order valence-electron chi connectivity index (χ1n) is 3.59. The van der Waals surface area contributed by atoms with Crippen LogP contribution in [-0.4, -0.2) is 16.7 Å². The molecule has 54 valence electrons. The lowest BCUT2D eigenvalue weighted by Gasteiger charge is -2.07. The number of oxime groups is 1. The molecule has 3 nitrogen and oxygen atoms in total. The number of hydrogen-bond acceptors (Lipinski definition) is 3. The van der Waals surface area contributed by atoms with Crippen molar-refractivity contribution in [3.63, 3.8) is 0 Å². The average Bonchev–Trinajstić information content (AvgIpc) is 2.46. The van der Waals surface area contributed by atoms with Gasteiger partial charge in [0.2, 0.25) is 0 Å². The molecule has 2 unspecified atom stereocenters. The first-order valence-corrected chi connectivity index (χ1v) is 3.59. The van der Waals surface area contributed by atoms with Gasteiger partial charge in [0.15, 0.2) is 5.78 Å². The fourth-order valence-corrected chi connectivity index (χ4v) is 2.01. The molecule has 2 atom stereocenters. The van der Waals surface area contributed by atoms with Crippen molar-refractivity contribution in [2.24, 2.45) is 17.0 Å². The van der Waals surface area contributed by atoms with E-state index in [1.54, 1.807) is 0 Å². The monoisotopic (exact) mass is 139 g/mol. The number of carbonyl (C=O) groups excluding carboxylic acids is 1. The quantitative estimate of drug-likeness (QED) is 0.399. The smallest absolute Gasteiger partial charge is 0.183 e. The van der Waals surface area contributed by atoms with Crippen LogP contribution in [0.4, 0.5) is 0 Å². The zero-order chi connectivity index (χ0) is 7.14. The van der Waals surface area contributed by atoms with Crippen molar-refractivity contribution >= 4 is 11.5 Å². The Morgan fingerprint density at radius 2 is 2.10 bits per heavy atom. The molecule has 2 bridgehead atoms. The van der Waals surface area contributed by atoms with Crippen LogP contribution in [0, 0.1) is 11.8 Å². The highest BCUT2D eigenvalue weighted by molar-refractivity contribution is 6.43. The Kier molecular flexibility index (Phi) is 1.07. The minimum Gasteiger partial charge on any atom is -0.411 e. The molecule has 0 aromatic heterocycles. The van der Waals surface area contributed by atoms with Gasteiger partial charge in [-0.15, -0.1) is 0 Å². The van der Waals surface area contributed by atoms with E-state index in [0.717, 1.165) is 19.3 Å². The largest absolute Gasteiger partial charge is 0.411 e. The summed E-state index contributed by atoms with van der Waals surface area (Å²) in [5, 5.41) is 11.4. The Labute approximate surface area is 58.7 Å². The van der Waals surface area contributed by atoms with Gasteiger partial charge < -0.3 is 5.21 Å². The minimum absolute atomic E-state index is 0.0822. The maximum absolute atomic E-state index is 11.1. The van der Waals surface area contributed by atoms with Crippen molar-refractivity contribution in [1.29, 1.82) is 0 Å². The van der Waals surface area contributed by atoms with E-state index < -0.39 is 0 Å². The summed E-state index contributed by atoms with van der Waals surface area (Å²) in [5.74, 6) is 0.553. The van der Waals surface area contributed by atoms with Gasteiger partial charge in [0, 0.05) is 11.8 Å². The van der Waals surface area contributed by atoms with E-state index in [9.17, 15) is 4.79 Å². The fourth-order valence-electron chi connectivity index (χ4n) is 2.01. The van der Waals surface area contributed by atoms with Crippen LogP contribution in [0.3, 0.4) is 0 Å². The lowest BCUT2D eigenvalue weighted by atomic mass is 9.97. The number of rotatable bonds is 0. The van der Waals surface area contributed by atoms with Gasteiger partial charge in [-0.25, -0.2) is 0 Å². The molecule has 0 spiro atoms. The van der Waals surface area contributed by atoms with Crippen LogP contribution in [-0.2, 0) is 4.79 Å². The van der Waals surface area contributed by atoms with Crippen LogP contribution in [0.15, 0.2) is 5.16 Å². The first-order chi connectivity index (χ1) is 4.83. The average molecular weight is 139 g/mol. The number of nitrogens with zero attached hydrogens (tertiary/aromatic N) is 1. The molecule has 3 heteroatoms. The SMILES string of the molecule is O=C1/C(=N\O)C2CCC1C2. The van der Waals surface area contributed by atoms with Crippen molar-refractivity contribution in [2.75, 3.05) is 0 Å². The Bertz CT molecular complexity index is 210. The van der Waals surface area contributed by atoms with Gasteiger partial charge in [-0.3, -0.25) is 4.79 Å². The van der Waals surface area contributed by atoms with Gasteiger partial charge in [-0.05, 0) is 19.3 Å². The summed E-state index contributed by atoms with van der Waals surface area (Å²) in [4.78, 5) is 11.1. The van der Waals surface area contributed by atoms with E-state index in [-0.39, 0.29) is 17.6 Å². The van der Waals surface area contributed by atoms with E-state index >= 15 is 0 Å². The van der Waals surface area contributed by atoms with Gasteiger partial charge >= 0.3 is 0 Å². The highest BCUT2D eigenvalue weighted by Crippen LogP contribution is 2.40. The summed E-state index contributed by atoms with van der Waals surface area (Å²) in [7, 11) is 0. The molecule has 0 aliphatic heterocycles. The second-order valence-corrected chi connectivity index (χ2v) is 3.06. The van der Waals surface area contributed by atoms with Crippen LogP contribution in [0.5, 0.6) is 0 Å². The van der Waals surface area contributed by atoms with Crippen molar-refractivity contribution < 1.29 is 10.0 Å². The third-order valence-electron chi connectivity index (χ3n) is 2.55. The molecule has 0 amide bonds. The normalized spacial score (nSPS) is 41.6. The highest BCUT2D eigenvalue weighted by Gasteiger charge is 2.44. The Hall–Kier alpha value is -0.860. The molecule has 0 aromatic rings. The second kappa shape index (κ2) is 1.81. The molecular weight excluding hydrogens is 130 g/mol. The van der Waals surface area contributed by atoms with Crippen LogP contribution in [0.25, 0.3) is 0 Å². The Morgan fingerprint density at radius 1 is 1.40 bits per heavy atom. The third-order valence-corrected chi connectivity index (χ3v) is 2.55. The topological polar surface area (TPSA) is 49.7 Å². The molecule has 0 aromatic carbocycles. The molecule has 0 heterocycles. The maximum atomic E-state index is 11.1. The molecule has 2 fully saturated rings. The van der Waals surface area contributed by atoms with Crippen LogP contribution in [0.1, 0.15) is 19.3 Å². The summed E-state index contributed by atoms with van der Waals surface area (Å²) in [6.45, 7) is 0. The van der Waals surface area contributed by atoms with E-state index in [1.807, 2.05) is 0 Å². The maximum Gasteiger partial charge on any atom is 0.183 e. The highest BCUT2D eigenvalue weighted by atomic mass is 16.4. The number of hydrogen-bond donors (Lipinski definition) is 1. The summed E-state index contributed by atoms with van der Waals surface area (Å²) >= 11 is 0. The summed E-state index contributed by atoms with van der Waals surface area (Å²) in [6, 6.07) is 0. The lowest BCUT2D eigenvalue weighted by molar-refractivity contribution is -0.115. The Balaban J connectivity index is 2.33. The van der Waals surface area contributed by atoms with Gasteiger partial charge in [0.1, 0.15) is 5.71 Å². The summed E-state index contributed by atoms with van der Waals surface area (Å²) in [6.07, 6.45) is 2.97. The standard InChI is InChI=1S/C7H9NO2/c9-7-5-2-1-4(3-5)6(7)8-10/h4-5,10H,1-3H2/b8-6-. The molecule has 10 heavy (non-hydrogen) atoms. The Morgan fingerprint density at radius 3 is 2.50 bits per heavy atom. The van der Waals surface area contributed by atoms with Gasteiger partial charge in [0.25, 0.3) is 0 Å². The molecule has 2 aliphatic carbocycles. The van der Waals surface area contributed by atoms with Crippen LogP contribution < -0.4 is 0 Å². The molecule has 0 radical (unpaired) electrons. The van der Waals surface area contributed by atoms with E-state index in [4.69, 9.17) is 5.21 Å². The molecule has 2 rings (SSSR count). The first kappa shape index (κ1) is 5.89. The van der Waals surface area contributed by atoms with Crippen LogP contribution >= 0.6 is 0 Å². The number of Topliss-reactive ketones (excluding diaryl/α,β-unsaturated/α-hetero) is 1. The van der Waals surface area contributed by atoms with Crippen molar-refractivity contribution in [1.82, 2.24) is 0 Å². The van der Waals surface area contributed by atoms with Gasteiger partial charge in [-0.1, -0.05) is 5.16 Å². The predicted molar refractivity (Wildman–Crippen MR) is 35.1 cm³/mol. The van der Waals surface area contributed by atoms with E-state index in [2.05, 4.69) is 5.16 Å². The van der Waals surface area contributed by atoms with Crippen LogP contribution in [0.2, 0.25) is 0 Å². The van der Waals surface area contributed by atoms with E-state index in [0.29, 0.717) is 5.71 Å². The molecule has 2 aliphatic rings. The van der Waals surface area contributed by atoms with E-state index in [1.165, 1.54) is 0 Å². The summed E-state index contributed by atoms with van der Waals surface area (Å²) < 4.78 is 0. The van der Waals surface area contributed by atoms with Gasteiger partial charge in [0.05, 0.1) is 0 Å². The minimum atomic E-state index is 0.0822. The lowest BCUT2D eigenvalue weighted by Crippen LogP contribution is -2.21. The zero-order valence-corrected chi connectivity index (χ0v) is 5.58. The van der Waals surface area contributed by atoms with Crippen molar-refractivity contribution in [3.8, 4) is 0 Å². The number of carbonyl (C=O) groups is 1. The molecule has 2 saturated carbocycles. The molecular formula is C7H9NO2. The zero-order valence-electron chi connectivity index (χ0n) is 5.58. The van der Waals surface area contributed by atoms with Crippen molar-refractivity contribution in [2.45, 2.75) is 19.3 Å². The number of fused-ring (bicyclic) bond motifs is 2. The van der Waals surface area contributed by atoms with Gasteiger partial charge in [-0.2, -0.15) is 0 Å². The van der Waals surface area contributed by atoms with Crippen molar-refractivity contribution in [3.05, 3.63) is 0 Å². The summed E-state index contributed by atoms with van der Waals surface area (Å²) in [5.41, 5.74) is 0.427. The second-order valence-electron chi connectivity index (χ2n) is 3.06. The third kappa shape index (κ3) is 0.549. The molecule has 0 saturated heterocycles. The predicted octanol–water partition coefficient (Wildman–Crippen LogP) is 0.816. The fraction of sp³-hybridized carbons (Fsp3) is 0.714. The molecule has 1 N–H and O–H groups in total. The number of ketones is 1.